The molecule has 6 nitrogen and oxygen atoms in total. The van der Waals surface area contributed by atoms with Gasteiger partial charge in [-0.05, 0) is 38.2 Å². The average Bonchev–Trinajstić information content (AvgIpc) is 2.82. The molecule has 0 saturated heterocycles. The van der Waals surface area contributed by atoms with Crippen LogP contribution in [0.2, 0.25) is 0 Å². The number of rotatable bonds is 4. The molecule has 0 spiro atoms. The predicted octanol–water partition coefficient (Wildman–Crippen LogP) is 1.89. The van der Waals surface area contributed by atoms with E-state index in [1.54, 1.807) is 4.57 Å². The second kappa shape index (κ2) is 6.19. The summed E-state index contributed by atoms with van der Waals surface area (Å²) in [4.78, 5) is 12.2. The summed E-state index contributed by atoms with van der Waals surface area (Å²) in [6, 6.07) is 1.29. The minimum atomic E-state index is -3.82. The largest absolute Gasteiger partial charge is 0.458 e. The van der Waals surface area contributed by atoms with Gasteiger partial charge in [0.1, 0.15) is 16.7 Å². The number of esters is 1. The first-order chi connectivity index (χ1) is 9.81. The topological polar surface area (TPSA) is 91.4 Å². The Hall–Kier alpha value is -1.34. The fraction of sp³-hybridized carbons (Fsp3) is 0.643. The van der Waals surface area contributed by atoms with Crippen molar-refractivity contribution in [3.63, 3.8) is 0 Å². The van der Waals surface area contributed by atoms with Crippen LogP contribution in [-0.2, 0) is 21.3 Å². The van der Waals surface area contributed by atoms with Crippen molar-refractivity contribution < 1.29 is 17.9 Å². The highest BCUT2D eigenvalue weighted by molar-refractivity contribution is 7.89. The van der Waals surface area contributed by atoms with Gasteiger partial charge in [-0.1, -0.05) is 13.3 Å². The zero-order valence-corrected chi connectivity index (χ0v) is 13.2. The fourth-order valence-electron chi connectivity index (χ4n) is 2.77. The second-order valence-electron chi connectivity index (χ2n) is 5.69. The first-order valence-corrected chi connectivity index (χ1v) is 8.79. The molecule has 1 aliphatic rings. The lowest BCUT2D eigenvalue weighted by Gasteiger charge is -2.26. The highest BCUT2D eigenvalue weighted by Gasteiger charge is 2.25. The first-order valence-electron chi connectivity index (χ1n) is 7.25. The molecule has 0 amide bonds. The van der Waals surface area contributed by atoms with Gasteiger partial charge in [-0.3, -0.25) is 0 Å². The Morgan fingerprint density at radius 3 is 2.76 bits per heavy atom. The number of carbonyl (C=O) groups is 1. The number of primary sulfonamides is 1. The molecule has 0 aliphatic heterocycles. The summed E-state index contributed by atoms with van der Waals surface area (Å²) in [6.07, 6.45) is 5.23. The van der Waals surface area contributed by atoms with Gasteiger partial charge in [0, 0.05) is 12.7 Å². The summed E-state index contributed by atoms with van der Waals surface area (Å²) >= 11 is 0. The number of nitrogens with two attached hydrogens (primary N) is 1. The Balaban J connectivity index is 2.16. The molecular weight excluding hydrogens is 292 g/mol. The van der Waals surface area contributed by atoms with E-state index < -0.39 is 16.0 Å². The third-order valence-corrected chi connectivity index (χ3v) is 4.79. The summed E-state index contributed by atoms with van der Waals surface area (Å²) in [6.45, 7) is 4.45. The summed E-state index contributed by atoms with van der Waals surface area (Å²) in [5, 5.41) is 5.10. The van der Waals surface area contributed by atoms with E-state index in [1.807, 2.05) is 6.92 Å². The van der Waals surface area contributed by atoms with Gasteiger partial charge in [-0.15, -0.1) is 0 Å². The predicted molar refractivity (Wildman–Crippen MR) is 78.3 cm³/mol. The summed E-state index contributed by atoms with van der Waals surface area (Å²) < 4.78 is 29.8. The Labute approximate surface area is 125 Å². The lowest BCUT2D eigenvalue weighted by molar-refractivity contribution is 0.0144. The monoisotopic (exact) mass is 314 g/mol. The molecule has 1 fully saturated rings. The van der Waals surface area contributed by atoms with E-state index in [2.05, 4.69) is 6.92 Å². The van der Waals surface area contributed by atoms with Gasteiger partial charge in [0.05, 0.1) is 0 Å². The van der Waals surface area contributed by atoms with Crippen LogP contribution in [0.3, 0.4) is 0 Å². The molecule has 0 bridgehead atoms. The van der Waals surface area contributed by atoms with Crippen molar-refractivity contribution >= 4 is 16.0 Å². The van der Waals surface area contributed by atoms with Gasteiger partial charge in [0.2, 0.25) is 10.0 Å². The minimum Gasteiger partial charge on any atom is -0.458 e. The maximum Gasteiger partial charge on any atom is 0.355 e. The number of hydrogen-bond donors (Lipinski definition) is 1. The Morgan fingerprint density at radius 2 is 2.19 bits per heavy atom. The molecule has 1 saturated carbocycles. The number of hydrogen-bond acceptors (Lipinski definition) is 4. The van der Waals surface area contributed by atoms with Crippen molar-refractivity contribution in [3.8, 4) is 0 Å². The van der Waals surface area contributed by atoms with E-state index in [0.717, 1.165) is 25.7 Å². The van der Waals surface area contributed by atoms with E-state index in [1.165, 1.54) is 12.3 Å². The molecule has 2 atom stereocenters. The molecular formula is C14H22N2O4S. The van der Waals surface area contributed by atoms with Gasteiger partial charge >= 0.3 is 5.97 Å². The van der Waals surface area contributed by atoms with Crippen LogP contribution in [0.5, 0.6) is 0 Å². The van der Waals surface area contributed by atoms with Gasteiger partial charge in [-0.2, -0.15) is 0 Å². The normalized spacial score (nSPS) is 23.0. The van der Waals surface area contributed by atoms with Crippen LogP contribution in [0.15, 0.2) is 17.2 Å². The first kappa shape index (κ1) is 16.0. The van der Waals surface area contributed by atoms with Crippen molar-refractivity contribution in [2.75, 3.05) is 0 Å². The van der Waals surface area contributed by atoms with Crippen LogP contribution >= 0.6 is 0 Å². The quantitative estimate of drug-likeness (QED) is 0.859. The molecule has 0 radical (unpaired) electrons. The molecule has 2 unspecified atom stereocenters. The number of sulfonamides is 1. The fourth-order valence-corrected chi connectivity index (χ4v) is 3.32. The average molecular weight is 314 g/mol. The highest BCUT2D eigenvalue weighted by Crippen LogP contribution is 2.26. The van der Waals surface area contributed by atoms with Gasteiger partial charge in [-0.25, -0.2) is 18.4 Å². The molecule has 118 valence electrons. The van der Waals surface area contributed by atoms with E-state index >= 15 is 0 Å². The Kier molecular flexibility index (Phi) is 4.73. The van der Waals surface area contributed by atoms with E-state index in [9.17, 15) is 13.2 Å². The molecule has 2 rings (SSSR count). The number of aromatic nitrogens is 1. The van der Waals surface area contributed by atoms with Gasteiger partial charge in [0.25, 0.3) is 0 Å². The maximum atomic E-state index is 12.3. The standard InChI is InChI=1S/C14H22N2O4S/c1-3-16-9-12(21(15,18)19)8-13(16)14(17)20-11-6-4-5-10(2)7-11/h8-11H,3-7H2,1-2H3,(H2,15,18,19). The minimum absolute atomic E-state index is 0.0617. The molecule has 1 aliphatic carbocycles. The van der Waals surface area contributed by atoms with E-state index in [4.69, 9.17) is 9.88 Å². The van der Waals surface area contributed by atoms with Crippen LogP contribution in [0.1, 0.15) is 50.0 Å². The van der Waals surface area contributed by atoms with E-state index in [-0.39, 0.29) is 16.7 Å². The Bertz CT molecular complexity index is 621. The third kappa shape index (κ3) is 3.85. The lowest BCUT2D eigenvalue weighted by atomic mass is 9.89. The molecule has 1 aromatic heterocycles. The van der Waals surface area contributed by atoms with Crippen molar-refractivity contribution in [1.29, 1.82) is 0 Å². The number of nitrogens with zero attached hydrogens (tertiary/aromatic N) is 1. The SMILES string of the molecule is CCn1cc(S(N)(=O)=O)cc1C(=O)OC1CCCC(C)C1. The van der Waals surface area contributed by atoms with Crippen LogP contribution in [0, 0.1) is 5.92 Å². The molecule has 0 aromatic carbocycles. The highest BCUT2D eigenvalue weighted by atomic mass is 32.2. The maximum absolute atomic E-state index is 12.3. The van der Waals surface area contributed by atoms with Crippen molar-refractivity contribution in [1.82, 2.24) is 4.57 Å². The summed E-state index contributed by atoms with van der Waals surface area (Å²) in [7, 11) is -3.82. The number of carbonyl (C=O) groups excluding carboxylic acids is 1. The smallest absolute Gasteiger partial charge is 0.355 e. The third-order valence-electron chi connectivity index (χ3n) is 3.91. The molecule has 1 aromatic rings. The summed E-state index contributed by atoms with van der Waals surface area (Å²) in [5.41, 5.74) is 0.236. The zero-order valence-electron chi connectivity index (χ0n) is 12.4. The molecule has 7 heteroatoms. The van der Waals surface area contributed by atoms with Crippen LogP contribution < -0.4 is 5.14 Å². The van der Waals surface area contributed by atoms with Crippen molar-refractivity contribution in [2.24, 2.45) is 11.1 Å². The van der Waals surface area contributed by atoms with Crippen molar-refractivity contribution in [2.45, 2.75) is 57.1 Å². The van der Waals surface area contributed by atoms with Crippen LogP contribution in [0.25, 0.3) is 0 Å². The van der Waals surface area contributed by atoms with Gasteiger partial charge in [0.15, 0.2) is 0 Å². The van der Waals surface area contributed by atoms with Gasteiger partial charge < -0.3 is 9.30 Å². The molecule has 21 heavy (non-hydrogen) atoms. The van der Waals surface area contributed by atoms with Crippen LogP contribution in [0.4, 0.5) is 0 Å². The summed E-state index contributed by atoms with van der Waals surface area (Å²) in [5.74, 6) is 0.0698. The Morgan fingerprint density at radius 1 is 1.48 bits per heavy atom. The number of ether oxygens (including phenoxy) is 1. The number of aryl methyl sites for hydroxylation is 1. The van der Waals surface area contributed by atoms with Crippen molar-refractivity contribution in [3.05, 3.63) is 18.0 Å². The van der Waals surface area contributed by atoms with Crippen LogP contribution in [-0.4, -0.2) is 25.1 Å². The second-order valence-corrected chi connectivity index (χ2v) is 7.25. The zero-order chi connectivity index (χ0) is 15.6. The lowest BCUT2D eigenvalue weighted by Crippen LogP contribution is -2.25. The molecule has 2 N–H and O–H groups in total. The molecule has 1 heterocycles. The van der Waals surface area contributed by atoms with E-state index in [0.29, 0.717) is 12.5 Å².